The van der Waals surface area contributed by atoms with Gasteiger partial charge in [-0.15, -0.1) is 6.58 Å². The second-order valence-electron chi connectivity index (χ2n) is 5.40. The molecule has 0 aromatic heterocycles. The number of hydrogen-bond acceptors (Lipinski definition) is 3. The maximum Gasteiger partial charge on any atom is 0.240 e. The van der Waals surface area contributed by atoms with Crippen molar-refractivity contribution in [3.63, 3.8) is 0 Å². The van der Waals surface area contributed by atoms with Gasteiger partial charge >= 0.3 is 0 Å². The normalized spacial score (nSPS) is 15.3. The molecule has 0 radical (unpaired) electrons. The van der Waals surface area contributed by atoms with Gasteiger partial charge in [-0.1, -0.05) is 18.2 Å². The number of benzene rings is 1. The molecule has 0 amide bonds. The van der Waals surface area contributed by atoms with Gasteiger partial charge in [-0.05, 0) is 37.5 Å². The predicted octanol–water partition coefficient (Wildman–Crippen LogP) is 1.37. The van der Waals surface area contributed by atoms with Crippen LogP contribution in [0.2, 0.25) is 0 Å². The Kier molecular flexibility index (Phi) is 6.18. The molecule has 0 unspecified atom stereocenters. The molecule has 6 nitrogen and oxygen atoms in total. The average Bonchev–Trinajstić information content (AvgIpc) is 3.34. The summed E-state index contributed by atoms with van der Waals surface area (Å²) in [6.45, 7) is 7.54. The van der Waals surface area contributed by atoms with E-state index < -0.39 is 10.0 Å². The van der Waals surface area contributed by atoms with E-state index in [0.717, 1.165) is 24.9 Å². The third-order valence-corrected chi connectivity index (χ3v) is 4.85. The maximum atomic E-state index is 12.1. The minimum Gasteiger partial charge on any atom is -0.357 e. The van der Waals surface area contributed by atoms with Crippen LogP contribution in [0.15, 0.2) is 46.8 Å². The number of aliphatic imine (C=N–C) groups is 1. The van der Waals surface area contributed by atoms with Crippen LogP contribution in [0.3, 0.4) is 0 Å². The lowest BCUT2D eigenvalue weighted by molar-refractivity contribution is 0.581. The van der Waals surface area contributed by atoms with Gasteiger partial charge in [-0.2, -0.15) is 0 Å². The molecule has 0 atom stereocenters. The van der Waals surface area contributed by atoms with Crippen LogP contribution in [0, 0.1) is 0 Å². The Labute approximate surface area is 138 Å². The van der Waals surface area contributed by atoms with E-state index in [-0.39, 0.29) is 6.04 Å². The van der Waals surface area contributed by atoms with Gasteiger partial charge in [0.05, 0.1) is 11.4 Å². The van der Waals surface area contributed by atoms with E-state index in [2.05, 4.69) is 26.9 Å². The van der Waals surface area contributed by atoms with Gasteiger partial charge in [0.1, 0.15) is 0 Å². The fraction of sp³-hybridized carbons (Fsp3) is 0.438. The highest BCUT2D eigenvalue weighted by atomic mass is 32.2. The average molecular weight is 336 g/mol. The summed E-state index contributed by atoms with van der Waals surface area (Å²) in [6, 6.07) is 6.95. The van der Waals surface area contributed by atoms with Crippen molar-refractivity contribution in [1.29, 1.82) is 0 Å². The Morgan fingerprint density at radius 3 is 2.57 bits per heavy atom. The van der Waals surface area contributed by atoms with Crippen molar-refractivity contribution in [3.05, 3.63) is 42.5 Å². The van der Waals surface area contributed by atoms with Crippen molar-refractivity contribution in [2.75, 3.05) is 13.1 Å². The third kappa shape index (κ3) is 5.69. The molecule has 126 valence electrons. The van der Waals surface area contributed by atoms with Crippen LogP contribution in [0.5, 0.6) is 0 Å². The summed E-state index contributed by atoms with van der Waals surface area (Å²) in [6.07, 6.45) is 3.62. The van der Waals surface area contributed by atoms with E-state index in [9.17, 15) is 8.42 Å². The van der Waals surface area contributed by atoms with Crippen LogP contribution in [0.4, 0.5) is 0 Å². The molecular weight excluding hydrogens is 312 g/mol. The summed E-state index contributed by atoms with van der Waals surface area (Å²) < 4.78 is 26.9. The van der Waals surface area contributed by atoms with E-state index in [1.165, 1.54) is 0 Å². The summed E-state index contributed by atoms with van der Waals surface area (Å²) in [5, 5.41) is 6.26. The van der Waals surface area contributed by atoms with Crippen molar-refractivity contribution >= 4 is 16.0 Å². The first-order valence-corrected chi connectivity index (χ1v) is 9.28. The van der Waals surface area contributed by atoms with Crippen LogP contribution >= 0.6 is 0 Å². The standard InChI is InChI=1S/C16H24N4O2S/c1-3-11-18-16(17-4-2)19-12-13-5-9-15(10-6-13)23(21,22)20-14-7-8-14/h3,5-6,9-10,14,20H,1,4,7-8,11-12H2,2H3,(H2,17,18,19). The molecule has 3 N–H and O–H groups in total. The largest absolute Gasteiger partial charge is 0.357 e. The molecule has 1 aromatic carbocycles. The van der Waals surface area contributed by atoms with Crippen LogP contribution in [-0.2, 0) is 16.6 Å². The predicted molar refractivity (Wildman–Crippen MR) is 92.8 cm³/mol. The lowest BCUT2D eigenvalue weighted by atomic mass is 10.2. The Bertz CT molecular complexity index is 649. The summed E-state index contributed by atoms with van der Waals surface area (Å²) >= 11 is 0. The second kappa shape index (κ2) is 8.12. The topological polar surface area (TPSA) is 82.6 Å². The minimum absolute atomic E-state index is 0.114. The highest BCUT2D eigenvalue weighted by Crippen LogP contribution is 2.22. The third-order valence-electron chi connectivity index (χ3n) is 3.31. The van der Waals surface area contributed by atoms with Crippen molar-refractivity contribution in [3.8, 4) is 0 Å². The van der Waals surface area contributed by atoms with Crippen molar-refractivity contribution in [2.24, 2.45) is 4.99 Å². The number of nitrogens with one attached hydrogen (secondary N) is 3. The molecule has 1 aliphatic rings. The van der Waals surface area contributed by atoms with E-state index in [1.54, 1.807) is 30.3 Å². The Hall–Kier alpha value is -1.86. The first kappa shape index (κ1) is 17.5. The van der Waals surface area contributed by atoms with Gasteiger partial charge in [0.25, 0.3) is 0 Å². The molecule has 2 rings (SSSR count). The molecule has 1 aromatic rings. The zero-order chi connectivity index (χ0) is 16.7. The molecule has 1 aliphatic carbocycles. The Balaban J connectivity index is 1.99. The highest BCUT2D eigenvalue weighted by Gasteiger charge is 2.27. The van der Waals surface area contributed by atoms with Crippen molar-refractivity contribution in [1.82, 2.24) is 15.4 Å². The van der Waals surface area contributed by atoms with Crippen LogP contribution in [0.1, 0.15) is 25.3 Å². The molecule has 0 heterocycles. The van der Waals surface area contributed by atoms with Gasteiger partial charge in [0.15, 0.2) is 5.96 Å². The quantitative estimate of drug-likeness (QED) is 0.380. The lowest BCUT2D eigenvalue weighted by Crippen LogP contribution is -2.37. The second-order valence-corrected chi connectivity index (χ2v) is 7.12. The zero-order valence-electron chi connectivity index (χ0n) is 13.4. The van der Waals surface area contributed by atoms with Gasteiger partial charge < -0.3 is 10.6 Å². The Morgan fingerprint density at radius 2 is 2.00 bits per heavy atom. The monoisotopic (exact) mass is 336 g/mol. The Morgan fingerprint density at radius 1 is 1.30 bits per heavy atom. The number of hydrogen-bond donors (Lipinski definition) is 3. The maximum absolute atomic E-state index is 12.1. The van der Waals surface area contributed by atoms with Crippen molar-refractivity contribution in [2.45, 2.75) is 37.2 Å². The fourth-order valence-electron chi connectivity index (χ4n) is 1.94. The SMILES string of the molecule is C=CCNC(=NCc1ccc(S(=O)(=O)NC2CC2)cc1)NCC. The van der Waals surface area contributed by atoms with E-state index in [0.29, 0.717) is 23.9 Å². The summed E-state index contributed by atoms with van der Waals surface area (Å²) in [5.74, 6) is 0.708. The van der Waals surface area contributed by atoms with Crippen LogP contribution in [-0.4, -0.2) is 33.5 Å². The number of guanidine groups is 1. The van der Waals surface area contributed by atoms with Crippen molar-refractivity contribution < 1.29 is 8.42 Å². The molecule has 7 heteroatoms. The molecule has 1 fully saturated rings. The number of rotatable bonds is 8. The first-order valence-electron chi connectivity index (χ1n) is 7.79. The summed E-state index contributed by atoms with van der Waals surface area (Å²) in [4.78, 5) is 4.75. The van der Waals surface area contributed by atoms with E-state index >= 15 is 0 Å². The fourth-order valence-corrected chi connectivity index (χ4v) is 3.25. The number of nitrogens with zero attached hydrogens (tertiary/aromatic N) is 1. The van der Waals surface area contributed by atoms with Gasteiger partial charge in [-0.25, -0.2) is 18.1 Å². The summed E-state index contributed by atoms with van der Waals surface area (Å²) in [5.41, 5.74) is 0.950. The molecule has 0 spiro atoms. The van der Waals surface area contributed by atoms with Gasteiger partial charge in [-0.3, -0.25) is 0 Å². The number of sulfonamides is 1. The molecule has 0 saturated heterocycles. The summed E-state index contributed by atoms with van der Waals surface area (Å²) in [7, 11) is -3.39. The molecule has 23 heavy (non-hydrogen) atoms. The van der Waals surface area contributed by atoms with Gasteiger partial charge in [0, 0.05) is 19.1 Å². The van der Waals surface area contributed by atoms with E-state index in [1.807, 2.05) is 6.92 Å². The van der Waals surface area contributed by atoms with Crippen LogP contribution < -0.4 is 15.4 Å². The molecule has 0 bridgehead atoms. The first-order chi connectivity index (χ1) is 11.0. The zero-order valence-corrected chi connectivity index (χ0v) is 14.2. The van der Waals surface area contributed by atoms with Gasteiger partial charge in [0.2, 0.25) is 10.0 Å². The molecule has 1 saturated carbocycles. The highest BCUT2D eigenvalue weighted by molar-refractivity contribution is 7.89. The molecular formula is C16H24N4O2S. The minimum atomic E-state index is -3.39. The smallest absolute Gasteiger partial charge is 0.240 e. The molecule has 0 aliphatic heterocycles. The van der Waals surface area contributed by atoms with E-state index in [4.69, 9.17) is 0 Å². The lowest BCUT2D eigenvalue weighted by Gasteiger charge is -2.09. The van der Waals surface area contributed by atoms with Crippen LogP contribution in [0.25, 0.3) is 0 Å².